The van der Waals surface area contributed by atoms with Gasteiger partial charge in [0.1, 0.15) is 17.4 Å². The van der Waals surface area contributed by atoms with E-state index in [1.165, 1.54) is 6.08 Å². The molecule has 0 bridgehead atoms. The van der Waals surface area contributed by atoms with Crippen LogP contribution in [0, 0.1) is 11.3 Å². The zero-order valence-corrected chi connectivity index (χ0v) is 16.3. The molecule has 0 aromatic heterocycles. The second kappa shape index (κ2) is 8.65. The van der Waals surface area contributed by atoms with Gasteiger partial charge in [-0.25, -0.2) is 0 Å². The van der Waals surface area contributed by atoms with Gasteiger partial charge in [0.25, 0.3) is 5.91 Å². The van der Waals surface area contributed by atoms with Gasteiger partial charge in [0.05, 0.1) is 4.47 Å². The van der Waals surface area contributed by atoms with E-state index >= 15 is 0 Å². The Morgan fingerprint density at radius 3 is 2.72 bits per heavy atom. The number of phenols is 1. The van der Waals surface area contributed by atoms with E-state index in [4.69, 9.17) is 0 Å². The van der Waals surface area contributed by atoms with Crippen molar-refractivity contribution < 1.29 is 9.90 Å². The third kappa shape index (κ3) is 5.05. The van der Waals surface area contributed by atoms with Crippen LogP contribution in [0.2, 0.25) is 0 Å². The van der Waals surface area contributed by atoms with E-state index in [1.54, 1.807) is 36.4 Å². The molecule has 0 radical (unpaired) electrons. The number of rotatable bonds is 5. The summed E-state index contributed by atoms with van der Waals surface area (Å²) in [6.45, 7) is 3.65. The standard InChI is InChI=1S/C19H14Br2N2O2/c1-2-4-13-7-12(9-17(21)18(13)24)8-14(11-22)19(25)23-16-6-3-5-15(20)10-16/h2-3,5-10,24H,1,4H2,(H,23,25)/b14-8-. The van der Waals surface area contributed by atoms with Crippen LogP contribution < -0.4 is 5.32 Å². The molecule has 4 nitrogen and oxygen atoms in total. The largest absolute Gasteiger partial charge is 0.506 e. The van der Waals surface area contributed by atoms with E-state index in [0.29, 0.717) is 27.7 Å². The van der Waals surface area contributed by atoms with Crippen LogP contribution in [-0.2, 0) is 11.2 Å². The highest BCUT2D eigenvalue weighted by atomic mass is 79.9. The van der Waals surface area contributed by atoms with E-state index < -0.39 is 5.91 Å². The highest BCUT2D eigenvalue weighted by Gasteiger charge is 2.12. The number of halogens is 2. The predicted molar refractivity (Wildman–Crippen MR) is 106 cm³/mol. The minimum Gasteiger partial charge on any atom is -0.506 e. The first kappa shape index (κ1) is 19.0. The number of anilines is 1. The van der Waals surface area contributed by atoms with Crippen LogP contribution in [0.3, 0.4) is 0 Å². The van der Waals surface area contributed by atoms with E-state index in [2.05, 4.69) is 43.8 Å². The number of hydrogen-bond donors (Lipinski definition) is 2. The fraction of sp³-hybridized carbons (Fsp3) is 0.0526. The molecule has 2 aromatic rings. The van der Waals surface area contributed by atoms with Gasteiger partial charge in [-0.2, -0.15) is 5.26 Å². The summed E-state index contributed by atoms with van der Waals surface area (Å²) < 4.78 is 1.31. The van der Waals surface area contributed by atoms with Crippen LogP contribution in [0.4, 0.5) is 5.69 Å². The maximum atomic E-state index is 12.3. The van der Waals surface area contributed by atoms with Gasteiger partial charge in [0.2, 0.25) is 0 Å². The Morgan fingerprint density at radius 2 is 2.08 bits per heavy atom. The second-order valence-corrected chi connectivity index (χ2v) is 6.91. The van der Waals surface area contributed by atoms with Crippen molar-refractivity contribution in [2.75, 3.05) is 5.32 Å². The predicted octanol–water partition coefficient (Wildman–Crippen LogP) is 5.19. The molecule has 2 aromatic carbocycles. The van der Waals surface area contributed by atoms with Crippen molar-refractivity contribution in [3.63, 3.8) is 0 Å². The van der Waals surface area contributed by atoms with Crippen LogP contribution >= 0.6 is 31.9 Å². The average molecular weight is 462 g/mol. The average Bonchev–Trinajstić information content (AvgIpc) is 2.57. The minimum absolute atomic E-state index is 0.0397. The Balaban J connectivity index is 2.32. The fourth-order valence-corrected chi connectivity index (χ4v) is 3.07. The normalized spacial score (nSPS) is 10.8. The zero-order chi connectivity index (χ0) is 18.4. The van der Waals surface area contributed by atoms with Crippen LogP contribution in [0.15, 0.2) is 63.6 Å². The van der Waals surface area contributed by atoms with Gasteiger partial charge in [-0.3, -0.25) is 4.79 Å². The number of hydrogen-bond acceptors (Lipinski definition) is 3. The molecule has 0 heterocycles. The number of phenolic OH excluding ortho intramolecular Hbond substituents is 1. The van der Waals surface area contributed by atoms with Crippen molar-refractivity contribution in [2.45, 2.75) is 6.42 Å². The lowest BCUT2D eigenvalue weighted by molar-refractivity contribution is -0.112. The Labute approximate surface area is 162 Å². The summed E-state index contributed by atoms with van der Waals surface area (Å²) in [5.41, 5.74) is 1.82. The third-order valence-electron chi connectivity index (χ3n) is 3.29. The van der Waals surface area contributed by atoms with E-state index in [9.17, 15) is 15.2 Å². The number of nitrogens with zero attached hydrogens (tertiary/aromatic N) is 1. The van der Waals surface area contributed by atoms with Crippen LogP contribution in [0.5, 0.6) is 5.75 Å². The van der Waals surface area contributed by atoms with Crippen LogP contribution in [0.25, 0.3) is 6.08 Å². The fourth-order valence-electron chi connectivity index (χ4n) is 2.15. The molecule has 0 aliphatic rings. The Hall–Kier alpha value is -2.36. The number of aromatic hydroxyl groups is 1. The molecule has 0 aliphatic carbocycles. The smallest absolute Gasteiger partial charge is 0.266 e. The van der Waals surface area contributed by atoms with Crippen molar-refractivity contribution in [1.29, 1.82) is 5.26 Å². The van der Waals surface area contributed by atoms with Gasteiger partial charge in [-0.15, -0.1) is 6.58 Å². The summed E-state index contributed by atoms with van der Waals surface area (Å²) in [6.07, 6.45) is 3.61. The summed E-state index contributed by atoms with van der Waals surface area (Å²) in [5, 5.41) is 22.0. The summed E-state index contributed by atoms with van der Waals surface area (Å²) in [6, 6.07) is 12.4. The summed E-state index contributed by atoms with van der Waals surface area (Å²) in [5.74, 6) is -0.385. The van der Waals surface area contributed by atoms with Gasteiger partial charge < -0.3 is 10.4 Å². The molecular formula is C19H14Br2N2O2. The Bertz CT molecular complexity index is 899. The molecule has 0 aliphatic heterocycles. The van der Waals surface area contributed by atoms with Crippen LogP contribution in [0.1, 0.15) is 11.1 Å². The van der Waals surface area contributed by atoms with Gasteiger partial charge in [-0.05, 0) is 69.9 Å². The number of allylic oxidation sites excluding steroid dienone is 1. The van der Waals surface area contributed by atoms with Crippen molar-refractivity contribution >= 4 is 49.5 Å². The zero-order valence-electron chi connectivity index (χ0n) is 13.1. The topological polar surface area (TPSA) is 73.1 Å². The first-order chi connectivity index (χ1) is 11.9. The molecule has 25 heavy (non-hydrogen) atoms. The summed E-state index contributed by atoms with van der Waals surface area (Å²) >= 11 is 6.60. The number of nitriles is 1. The molecule has 0 spiro atoms. The first-order valence-electron chi connectivity index (χ1n) is 7.25. The molecule has 1 amide bonds. The molecule has 6 heteroatoms. The first-order valence-corrected chi connectivity index (χ1v) is 8.84. The molecule has 2 rings (SSSR count). The van der Waals surface area contributed by atoms with Crippen molar-refractivity contribution in [3.05, 3.63) is 74.7 Å². The van der Waals surface area contributed by atoms with Gasteiger partial charge >= 0.3 is 0 Å². The van der Waals surface area contributed by atoms with Crippen molar-refractivity contribution in [1.82, 2.24) is 0 Å². The highest BCUT2D eigenvalue weighted by molar-refractivity contribution is 9.10. The minimum atomic E-state index is -0.505. The molecule has 0 atom stereocenters. The molecule has 0 saturated heterocycles. The molecule has 0 fully saturated rings. The quantitative estimate of drug-likeness (QED) is 0.365. The summed E-state index contributed by atoms with van der Waals surface area (Å²) in [4.78, 5) is 12.3. The van der Waals surface area contributed by atoms with Gasteiger partial charge in [0, 0.05) is 10.2 Å². The highest BCUT2D eigenvalue weighted by Crippen LogP contribution is 2.31. The number of nitrogens with one attached hydrogen (secondary N) is 1. The van der Waals surface area contributed by atoms with E-state index in [0.717, 1.165) is 4.47 Å². The van der Waals surface area contributed by atoms with Crippen molar-refractivity contribution in [2.24, 2.45) is 0 Å². The molecule has 0 saturated carbocycles. The van der Waals surface area contributed by atoms with Crippen LogP contribution in [-0.4, -0.2) is 11.0 Å². The number of amides is 1. The SMILES string of the molecule is C=CCc1cc(/C=C(/C#N)C(=O)Nc2cccc(Br)c2)cc(Br)c1O. The monoisotopic (exact) mass is 460 g/mol. The Morgan fingerprint density at radius 1 is 1.32 bits per heavy atom. The molecular weight excluding hydrogens is 448 g/mol. The van der Waals surface area contributed by atoms with E-state index in [-0.39, 0.29) is 11.3 Å². The lowest BCUT2D eigenvalue weighted by Gasteiger charge is -2.08. The van der Waals surface area contributed by atoms with Gasteiger partial charge in [-0.1, -0.05) is 28.1 Å². The van der Waals surface area contributed by atoms with Gasteiger partial charge in [0.15, 0.2) is 0 Å². The molecule has 126 valence electrons. The maximum Gasteiger partial charge on any atom is 0.266 e. The Kier molecular flexibility index (Phi) is 6.57. The number of carbonyl (C=O) groups excluding carboxylic acids is 1. The number of benzene rings is 2. The second-order valence-electron chi connectivity index (χ2n) is 5.14. The summed E-state index contributed by atoms with van der Waals surface area (Å²) in [7, 11) is 0. The third-order valence-corrected chi connectivity index (χ3v) is 4.39. The lowest BCUT2D eigenvalue weighted by atomic mass is 10.0. The number of carbonyl (C=O) groups is 1. The lowest BCUT2D eigenvalue weighted by Crippen LogP contribution is -2.13. The molecule has 2 N–H and O–H groups in total. The maximum absolute atomic E-state index is 12.3. The molecule has 0 unspecified atom stereocenters. The van der Waals surface area contributed by atoms with E-state index in [1.807, 2.05) is 12.1 Å². The van der Waals surface area contributed by atoms with Crippen molar-refractivity contribution in [3.8, 4) is 11.8 Å².